The van der Waals surface area contributed by atoms with Crippen LogP contribution in [-0.2, 0) is 14.6 Å². The number of hydrogen-bond donors (Lipinski definition) is 2. The third-order valence-corrected chi connectivity index (χ3v) is 6.09. The number of nitrogens with one attached hydrogen (secondary N) is 2. The van der Waals surface area contributed by atoms with Gasteiger partial charge in [0.25, 0.3) is 0 Å². The van der Waals surface area contributed by atoms with E-state index in [0.717, 1.165) is 51.6 Å². The highest BCUT2D eigenvalue weighted by Gasteiger charge is 2.27. The Kier molecular flexibility index (Phi) is 10.5. The fourth-order valence-electron chi connectivity index (χ4n) is 3.43. The average molecular weight is 391 g/mol. The summed E-state index contributed by atoms with van der Waals surface area (Å²) in [6, 6.07) is 0.490. The van der Waals surface area contributed by atoms with Gasteiger partial charge in [-0.05, 0) is 19.3 Å². The van der Waals surface area contributed by atoms with Crippen molar-refractivity contribution in [1.82, 2.24) is 15.5 Å². The summed E-state index contributed by atoms with van der Waals surface area (Å²) in [6.45, 7) is 10.9. The summed E-state index contributed by atoms with van der Waals surface area (Å²) < 4.78 is 28.2. The largest absolute Gasteiger partial charge is 0.379 e. The van der Waals surface area contributed by atoms with E-state index >= 15 is 0 Å². The molecule has 0 bridgehead atoms. The van der Waals surface area contributed by atoms with Crippen LogP contribution < -0.4 is 10.6 Å². The lowest BCUT2D eigenvalue weighted by molar-refractivity contribution is 0.00271. The van der Waals surface area contributed by atoms with Crippen LogP contribution in [0.1, 0.15) is 40.0 Å². The van der Waals surface area contributed by atoms with Crippen molar-refractivity contribution in [3.8, 4) is 0 Å². The van der Waals surface area contributed by atoms with Crippen LogP contribution in [0.5, 0.6) is 0 Å². The normalized spacial score (nSPS) is 19.4. The number of ether oxygens (including phenoxy) is 1. The van der Waals surface area contributed by atoms with Crippen molar-refractivity contribution in [3.63, 3.8) is 0 Å². The van der Waals surface area contributed by atoms with E-state index in [1.807, 2.05) is 6.92 Å². The minimum absolute atomic E-state index is 0.0471. The lowest BCUT2D eigenvalue weighted by Crippen LogP contribution is -2.54. The van der Waals surface area contributed by atoms with Crippen molar-refractivity contribution >= 4 is 15.8 Å². The van der Waals surface area contributed by atoms with Crippen molar-refractivity contribution in [2.24, 2.45) is 10.9 Å². The summed E-state index contributed by atoms with van der Waals surface area (Å²) in [5.41, 5.74) is 0. The molecule has 2 unspecified atom stereocenters. The van der Waals surface area contributed by atoms with Gasteiger partial charge >= 0.3 is 0 Å². The topological polar surface area (TPSA) is 83.0 Å². The van der Waals surface area contributed by atoms with E-state index < -0.39 is 9.84 Å². The Morgan fingerprint density at radius 2 is 1.85 bits per heavy atom. The SMILES string of the molecule is CCC(CC)C(CNC(=NC)NC(C)CCS(C)(=O)=O)N1CCOCC1. The van der Waals surface area contributed by atoms with Crippen LogP contribution in [0, 0.1) is 5.92 Å². The summed E-state index contributed by atoms with van der Waals surface area (Å²) in [6.07, 6.45) is 4.14. The van der Waals surface area contributed by atoms with E-state index in [0.29, 0.717) is 18.4 Å². The highest BCUT2D eigenvalue weighted by atomic mass is 32.2. The molecule has 2 N–H and O–H groups in total. The first kappa shape index (κ1) is 23.2. The van der Waals surface area contributed by atoms with Gasteiger partial charge in [-0.25, -0.2) is 8.42 Å². The zero-order valence-corrected chi connectivity index (χ0v) is 17.9. The van der Waals surface area contributed by atoms with Crippen LogP contribution >= 0.6 is 0 Å². The zero-order chi connectivity index (χ0) is 19.6. The van der Waals surface area contributed by atoms with Gasteiger partial charge in [-0.2, -0.15) is 0 Å². The van der Waals surface area contributed by atoms with Crippen molar-refractivity contribution in [2.75, 3.05) is 51.9 Å². The van der Waals surface area contributed by atoms with Crippen LogP contribution in [0.4, 0.5) is 0 Å². The van der Waals surface area contributed by atoms with E-state index in [2.05, 4.69) is 34.4 Å². The molecular formula is C18H38N4O3S. The minimum atomic E-state index is -2.94. The summed E-state index contributed by atoms with van der Waals surface area (Å²) >= 11 is 0. The second-order valence-corrected chi connectivity index (χ2v) is 9.47. The van der Waals surface area contributed by atoms with Crippen LogP contribution in [-0.4, -0.2) is 83.3 Å². The predicted octanol–water partition coefficient (Wildman–Crippen LogP) is 1.11. The Bertz CT molecular complexity index is 515. The molecule has 0 radical (unpaired) electrons. The number of morpholine rings is 1. The molecule has 1 aliphatic heterocycles. The zero-order valence-electron chi connectivity index (χ0n) is 17.1. The molecule has 1 rings (SSSR count). The van der Waals surface area contributed by atoms with E-state index in [-0.39, 0.29) is 11.8 Å². The average Bonchev–Trinajstić information content (AvgIpc) is 2.62. The maximum Gasteiger partial charge on any atom is 0.191 e. The quantitative estimate of drug-likeness (QED) is 0.430. The first-order valence-corrected chi connectivity index (χ1v) is 11.8. The molecule has 0 spiro atoms. The van der Waals surface area contributed by atoms with Gasteiger partial charge in [0.05, 0.1) is 19.0 Å². The molecule has 1 saturated heterocycles. The van der Waals surface area contributed by atoms with Gasteiger partial charge in [0.1, 0.15) is 9.84 Å². The highest BCUT2D eigenvalue weighted by molar-refractivity contribution is 7.90. The van der Waals surface area contributed by atoms with E-state index in [4.69, 9.17) is 4.74 Å². The van der Waals surface area contributed by atoms with Crippen LogP contribution in [0.2, 0.25) is 0 Å². The molecule has 8 heteroatoms. The van der Waals surface area contributed by atoms with E-state index in [1.165, 1.54) is 6.26 Å². The van der Waals surface area contributed by atoms with E-state index in [9.17, 15) is 8.42 Å². The molecule has 1 fully saturated rings. The highest BCUT2D eigenvalue weighted by Crippen LogP contribution is 2.19. The summed E-state index contributed by atoms with van der Waals surface area (Å²) in [7, 11) is -1.19. The molecule has 0 aromatic carbocycles. The third-order valence-electron chi connectivity index (χ3n) is 5.11. The van der Waals surface area contributed by atoms with Crippen molar-refractivity contribution in [2.45, 2.75) is 52.1 Å². The second-order valence-electron chi connectivity index (χ2n) is 7.21. The van der Waals surface area contributed by atoms with Gasteiger partial charge in [0.15, 0.2) is 5.96 Å². The summed E-state index contributed by atoms with van der Waals surface area (Å²) in [4.78, 5) is 6.82. The predicted molar refractivity (Wildman–Crippen MR) is 109 cm³/mol. The maximum atomic E-state index is 11.3. The molecule has 0 aromatic rings. The first-order valence-electron chi connectivity index (χ1n) is 9.77. The monoisotopic (exact) mass is 390 g/mol. The van der Waals surface area contributed by atoms with Gasteiger partial charge in [-0.3, -0.25) is 9.89 Å². The Morgan fingerprint density at radius 1 is 1.23 bits per heavy atom. The Balaban J connectivity index is 2.60. The van der Waals surface area contributed by atoms with Crippen LogP contribution in [0.15, 0.2) is 4.99 Å². The Hall–Kier alpha value is -0.860. The summed E-state index contributed by atoms with van der Waals surface area (Å²) in [5.74, 6) is 1.54. The number of hydrogen-bond acceptors (Lipinski definition) is 5. The van der Waals surface area contributed by atoms with Gasteiger partial charge in [0.2, 0.25) is 0 Å². The fraction of sp³-hybridized carbons (Fsp3) is 0.944. The van der Waals surface area contributed by atoms with Crippen molar-refractivity contribution in [3.05, 3.63) is 0 Å². The Labute approximate surface area is 159 Å². The lowest BCUT2D eigenvalue weighted by atomic mass is 9.92. The van der Waals surface area contributed by atoms with E-state index in [1.54, 1.807) is 7.05 Å². The van der Waals surface area contributed by atoms with Gasteiger partial charge < -0.3 is 15.4 Å². The maximum absolute atomic E-state index is 11.3. The standard InChI is InChI=1S/C18H38N4O3S/c1-6-16(7-2)17(22-9-11-25-12-10-22)14-20-18(19-4)21-15(3)8-13-26(5,23)24/h15-17H,6-14H2,1-5H3,(H2,19,20,21). The third kappa shape index (κ3) is 8.68. The number of nitrogens with zero attached hydrogens (tertiary/aromatic N) is 2. The Morgan fingerprint density at radius 3 is 2.35 bits per heavy atom. The van der Waals surface area contributed by atoms with Crippen LogP contribution in [0.25, 0.3) is 0 Å². The summed E-state index contributed by atoms with van der Waals surface area (Å²) in [5, 5.41) is 6.75. The molecule has 26 heavy (non-hydrogen) atoms. The molecule has 7 nitrogen and oxygen atoms in total. The number of aliphatic imine (C=N–C) groups is 1. The molecule has 0 amide bonds. The smallest absolute Gasteiger partial charge is 0.191 e. The van der Waals surface area contributed by atoms with Crippen molar-refractivity contribution < 1.29 is 13.2 Å². The first-order chi connectivity index (χ1) is 12.3. The fourth-order valence-corrected chi connectivity index (χ4v) is 4.21. The molecule has 2 atom stereocenters. The number of guanidine groups is 1. The van der Waals surface area contributed by atoms with Gasteiger partial charge in [-0.15, -0.1) is 0 Å². The van der Waals surface area contributed by atoms with Gasteiger partial charge in [-0.1, -0.05) is 26.7 Å². The molecule has 0 aliphatic carbocycles. The number of rotatable bonds is 10. The number of sulfone groups is 1. The van der Waals surface area contributed by atoms with Crippen molar-refractivity contribution in [1.29, 1.82) is 0 Å². The van der Waals surface area contributed by atoms with Crippen LogP contribution in [0.3, 0.4) is 0 Å². The molecule has 0 aromatic heterocycles. The molecule has 1 aliphatic rings. The second kappa shape index (κ2) is 11.8. The minimum Gasteiger partial charge on any atom is -0.379 e. The molecule has 0 saturated carbocycles. The molecule has 1 heterocycles. The molecular weight excluding hydrogens is 352 g/mol. The lowest BCUT2D eigenvalue weighted by Gasteiger charge is -2.39. The van der Waals surface area contributed by atoms with Gasteiger partial charge in [0, 0.05) is 45.0 Å². The molecule has 154 valence electrons.